The molecule has 8 heteroatoms. The fraction of sp³-hybridized carbons (Fsp3) is 0.853. The standard InChI is InChI=1S/C28H43NO2.C5H10O3.CO2/c1-16-11-25-26(29-15-16)18(3)28(31-25)10-8-21-22-6-5-19-12-20(30)7-9-27(19,4)24(22)13-23(21)17(2)14-28;1-3-5(2,8)4(6)7;2-1-3/h16,18-19,21-22,24-26,29H,5-15H2,1-4H3;8H,3H2,1-2H3,(H,6,7);/p+1/t16-,18+,19+,21-,22-,24-,25+,26-,27-,28-;;/m0../s1. The lowest BCUT2D eigenvalue weighted by Crippen LogP contribution is -2.96. The third-order valence-corrected chi connectivity index (χ3v) is 12.8. The van der Waals surface area contributed by atoms with Crippen LogP contribution in [0, 0.1) is 40.9 Å². The van der Waals surface area contributed by atoms with Crippen LogP contribution in [0.4, 0.5) is 0 Å². The summed E-state index contributed by atoms with van der Waals surface area (Å²) in [6.07, 6.45) is 12.8. The average molecular weight is 589 g/mol. The number of ketones is 1. The minimum absolute atomic E-state index is 0.0885. The third kappa shape index (κ3) is 6.06. The van der Waals surface area contributed by atoms with Crippen LogP contribution in [0.1, 0.15) is 112 Å². The Hall–Kier alpha value is -1.86. The molecule has 0 amide bonds. The Balaban J connectivity index is 0.000000318. The van der Waals surface area contributed by atoms with Gasteiger partial charge in [-0.15, -0.1) is 0 Å². The van der Waals surface area contributed by atoms with Crippen LogP contribution in [0.5, 0.6) is 0 Å². The number of rotatable bonds is 2. The van der Waals surface area contributed by atoms with Crippen molar-refractivity contribution in [3.8, 4) is 0 Å². The van der Waals surface area contributed by atoms with Gasteiger partial charge in [0.05, 0.1) is 12.1 Å². The molecule has 0 aromatic heterocycles. The van der Waals surface area contributed by atoms with E-state index < -0.39 is 11.6 Å². The summed E-state index contributed by atoms with van der Waals surface area (Å²) < 4.78 is 7.04. The maximum atomic E-state index is 12.2. The number of carbonyl (C=O) groups is 2. The zero-order chi connectivity index (χ0) is 31.0. The van der Waals surface area contributed by atoms with Crippen molar-refractivity contribution in [3.05, 3.63) is 11.1 Å². The molecule has 236 valence electrons. The fourth-order valence-electron chi connectivity index (χ4n) is 9.91. The minimum atomic E-state index is -1.54. The molecule has 2 aliphatic heterocycles. The summed E-state index contributed by atoms with van der Waals surface area (Å²) in [4.78, 5) is 38.4. The smallest absolute Gasteiger partial charge is 0.373 e. The van der Waals surface area contributed by atoms with Gasteiger partial charge in [0, 0.05) is 24.7 Å². The molecule has 6 rings (SSSR count). The van der Waals surface area contributed by atoms with Gasteiger partial charge in [-0.25, -0.2) is 4.79 Å². The molecule has 1 unspecified atom stereocenters. The highest BCUT2D eigenvalue weighted by atomic mass is 16.5. The first-order valence-corrected chi connectivity index (χ1v) is 16.4. The number of piperidine rings is 1. The lowest BCUT2D eigenvalue weighted by Gasteiger charge is -2.52. The number of aliphatic hydroxyl groups is 1. The summed E-state index contributed by atoms with van der Waals surface area (Å²) in [6.45, 7) is 14.1. The first kappa shape index (κ1) is 33.0. The van der Waals surface area contributed by atoms with Crippen LogP contribution >= 0.6 is 0 Å². The van der Waals surface area contributed by atoms with E-state index >= 15 is 0 Å². The molecule has 3 saturated carbocycles. The zero-order valence-corrected chi connectivity index (χ0v) is 26.6. The Morgan fingerprint density at radius 2 is 1.86 bits per heavy atom. The molecule has 1 spiro atoms. The molecule has 6 aliphatic rings. The van der Waals surface area contributed by atoms with Crippen LogP contribution in [-0.4, -0.2) is 58.0 Å². The first-order chi connectivity index (χ1) is 19.7. The van der Waals surface area contributed by atoms with Gasteiger partial charge in [0.25, 0.3) is 0 Å². The quantitative estimate of drug-likeness (QED) is 0.410. The van der Waals surface area contributed by atoms with Crippen molar-refractivity contribution in [2.75, 3.05) is 6.54 Å². The van der Waals surface area contributed by atoms with Crippen LogP contribution in [0.25, 0.3) is 0 Å². The van der Waals surface area contributed by atoms with E-state index in [-0.39, 0.29) is 18.2 Å². The van der Waals surface area contributed by atoms with Crippen LogP contribution in [-0.2, 0) is 23.9 Å². The Morgan fingerprint density at radius 3 is 2.48 bits per heavy atom. The topological polar surface area (TPSA) is 135 Å². The molecule has 11 atom stereocenters. The Kier molecular flexibility index (Phi) is 9.94. The highest BCUT2D eigenvalue weighted by Crippen LogP contribution is 2.64. The number of aliphatic carboxylic acids is 1. The molecule has 2 saturated heterocycles. The second kappa shape index (κ2) is 12.6. The maximum absolute atomic E-state index is 12.2. The van der Waals surface area contributed by atoms with Gasteiger partial charge in [0.1, 0.15) is 17.9 Å². The number of nitrogens with two attached hydrogens (primary N) is 1. The highest BCUT2D eigenvalue weighted by molar-refractivity contribution is 5.79. The van der Waals surface area contributed by atoms with E-state index in [0.29, 0.717) is 35.2 Å². The summed E-state index contributed by atoms with van der Waals surface area (Å²) in [5.41, 5.74) is 2.47. The van der Waals surface area contributed by atoms with E-state index in [4.69, 9.17) is 24.5 Å². The number of quaternary nitrogens is 1. The van der Waals surface area contributed by atoms with Gasteiger partial charge in [0.2, 0.25) is 0 Å². The van der Waals surface area contributed by atoms with Crippen LogP contribution in [0.15, 0.2) is 11.1 Å². The molecule has 4 N–H and O–H groups in total. The lowest BCUT2D eigenvalue weighted by molar-refractivity contribution is -0.710. The summed E-state index contributed by atoms with van der Waals surface area (Å²) in [5.74, 6) is 3.94. The van der Waals surface area contributed by atoms with Crippen molar-refractivity contribution >= 4 is 17.9 Å². The largest absolute Gasteiger partial charge is 0.479 e. The highest BCUT2D eigenvalue weighted by Gasteiger charge is 2.60. The number of allylic oxidation sites excluding steroid dienone is 1. The van der Waals surface area contributed by atoms with E-state index in [1.54, 1.807) is 12.5 Å². The molecule has 4 aliphatic carbocycles. The van der Waals surface area contributed by atoms with Crippen molar-refractivity contribution in [1.29, 1.82) is 0 Å². The minimum Gasteiger partial charge on any atom is -0.479 e. The summed E-state index contributed by atoms with van der Waals surface area (Å²) in [7, 11) is 0. The fourth-order valence-corrected chi connectivity index (χ4v) is 9.91. The van der Waals surface area contributed by atoms with Gasteiger partial charge in [0.15, 0.2) is 5.60 Å². The molecule has 8 nitrogen and oxygen atoms in total. The van der Waals surface area contributed by atoms with Gasteiger partial charge in [-0.1, -0.05) is 38.8 Å². The molecule has 0 radical (unpaired) electrons. The van der Waals surface area contributed by atoms with Crippen molar-refractivity contribution in [3.63, 3.8) is 0 Å². The molecular weight excluding hydrogens is 534 g/mol. The number of hydrogen-bond donors (Lipinski definition) is 3. The molecule has 0 aromatic carbocycles. The molecule has 5 fully saturated rings. The molecule has 2 heterocycles. The predicted octanol–water partition coefficient (Wildman–Crippen LogP) is 4.30. The Morgan fingerprint density at radius 1 is 1.17 bits per heavy atom. The lowest BCUT2D eigenvalue weighted by atomic mass is 9.52. The second-order valence-electron chi connectivity index (χ2n) is 15.0. The van der Waals surface area contributed by atoms with Gasteiger partial charge < -0.3 is 20.3 Å². The van der Waals surface area contributed by atoms with E-state index in [1.165, 1.54) is 58.4 Å². The van der Waals surface area contributed by atoms with E-state index in [9.17, 15) is 9.59 Å². The summed E-state index contributed by atoms with van der Waals surface area (Å²) in [6, 6.07) is 0.675. The normalized spacial score (nSPS) is 43.5. The van der Waals surface area contributed by atoms with E-state index in [2.05, 4.69) is 33.0 Å². The number of carboxylic acid groups (broad SMARTS) is 1. The van der Waals surface area contributed by atoms with Gasteiger partial charge in [-0.3, -0.25) is 4.79 Å². The van der Waals surface area contributed by atoms with E-state index in [1.807, 2.05) is 5.57 Å². The second-order valence-corrected chi connectivity index (χ2v) is 15.0. The van der Waals surface area contributed by atoms with E-state index in [0.717, 1.165) is 42.9 Å². The Labute approximate surface area is 251 Å². The number of Topliss-reactive ketones (excluding diaryl/α,β-unsaturated/α-hetero) is 1. The van der Waals surface area contributed by atoms with Crippen molar-refractivity contribution in [2.45, 2.75) is 136 Å². The van der Waals surface area contributed by atoms with Gasteiger partial charge >= 0.3 is 12.1 Å². The maximum Gasteiger partial charge on any atom is 0.373 e. The SMILES string of the molecule is CC1=C2C[C@H]3[C@@H](CC[C@@H]4CC(=O)CC[C@@]43C)[C@@H]2CC[C@@]2(C1)O[C@@H]1C[C@H](C)C[NH2+][C@H]1[C@H]2C.CCC(C)(O)C(=O)O.O=C=O. The van der Waals surface area contributed by atoms with Crippen molar-refractivity contribution in [1.82, 2.24) is 0 Å². The molecule has 0 bridgehead atoms. The molecule has 42 heavy (non-hydrogen) atoms. The number of carbonyl (C=O) groups excluding carboxylic acids is 3. The average Bonchev–Trinajstić information content (AvgIpc) is 3.39. The van der Waals surface area contributed by atoms with Gasteiger partial charge in [-0.2, -0.15) is 9.59 Å². The number of ether oxygens (including phenoxy) is 1. The molecule has 0 aromatic rings. The summed E-state index contributed by atoms with van der Waals surface area (Å²) in [5, 5.41) is 19.6. The van der Waals surface area contributed by atoms with Crippen molar-refractivity contribution < 1.29 is 39.4 Å². The monoisotopic (exact) mass is 588 g/mol. The van der Waals surface area contributed by atoms with Crippen LogP contribution in [0.2, 0.25) is 0 Å². The molecular formula is C34H54NO7+. The number of carboxylic acids is 1. The van der Waals surface area contributed by atoms with Crippen molar-refractivity contribution in [2.24, 2.45) is 40.9 Å². The van der Waals surface area contributed by atoms with Crippen LogP contribution < -0.4 is 5.32 Å². The zero-order valence-electron chi connectivity index (χ0n) is 26.6. The third-order valence-electron chi connectivity index (χ3n) is 12.8. The number of fused-ring (bicyclic) bond motifs is 6. The van der Waals surface area contributed by atoms with Crippen LogP contribution in [0.3, 0.4) is 0 Å². The summed E-state index contributed by atoms with van der Waals surface area (Å²) >= 11 is 0. The Bertz CT molecular complexity index is 1090. The predicted molar refractivity (Wildman–Crippen MR) is 156 cm³/mol. The number of hydrogen-bond acceptors (Lipinski definition) is 6. The first-order valence-electron chi connectivity index (χ1n) is 16.4. The van der Waals surface area contributed by atoms with Gasteiger partial charge in [-0.05, 0) is 101 Å².